The summed E-state index contributed by atoms with van der Waals surface area (Å²) in [7, 11) is 1.88. The Kier molecular flexibility index (Phi) is 2.33. The number of carboxylic acid groups (broad SMARTS) is 1. The van der Waals surface area contributed by atoms with Crippen LogP contribution in [-0.2, 0) is 11.2 Å². The van der Waals surface area contributed by atoms with Gasteiger partial charge in [-0.05, 0) is 37.4 Å². The molecule has 1 aromatic heterocycles. The highest BCUT2D eigenvalue weighted by Gasteiger charge is 2.34. The summed E-state index contributed by atoms with van der Waals surface area (Å²) in [5.41, 5.74) is 0.975. The first-order chi connectivity index (χ1) is 6.61. The lowest BCUT2D eigenvalue weighted by atomic mass is 9.96. The first kappa shape index (κ1) is 9.68. The third-order valence-electron chi connectivity index (χ3n) is 2.89. The largest absolute Gasteiger partial charge is 0.480 e. The minimum atomic E-state index is -0.751. The highest BCUT2D eigenvalue weighted by atomic mass is 32.1. The number of rotatable bonds is 1. The SMILES string of the molecule is CC1Cc2sccc2C(C(=O)O)N1C. The van der Waals surface area contributed by atoms with Crippen LogP contribution in [0.15, 0.2) is 11.4 Å². The van der Waals surface area contributed by atoms with Crippen LogP contribution in [0.3, 0.4) is 0 Å². The molecule has 2 rings (SSSR count). The summed E-state index contributed by atoms with van der Waals surface area (Å²) < 4.78 is 0. The molecule has 0 bridgehead atoms. The van der Waals surface area contributed by atoms with Crippen LogP contribution < -0.4 is 0 Å². The maximum Gasteiger partial charge on any atom is 0.325 e. The van der Waals surface area contributed by atoms with Gasteiger partial charge < -0.3 is 5.11 Å². The van der Waals surface area contributed by atoms with Crippen LogP contribution in [0.1, 0.15) is 23.4 Å². The Hall–Kier alpha value is -0.870. The predicted octanol–water partition coefficient (Wildman–Crippen LogP) is 1.75. The fourth-order valence-electron chi connectivity index (χ4n) is 1.95. The molecule has 0 spiro atoms. The van der Waals surface area contributed by atoms with Crippen molar-refractivity contribution in [2.24, 2.45) is 0 Å². The lowest BCUT2D eigenvalue weighted by molar-refractivity contribution is -0.144. The van der Waals surface area contributed by atoms with Gasteiger partial charge in [0.25, 0.3) is 0 Å². The lowest BCUT2D eigenvalue weighted by Gasteiger charge is -2.35. The highest BCUT2D eigenvalue weighted by Crippen LogP contribution is 2.34. The van der Waals surface area contributed by atoms with Gasteiger partial charge in [-0.1, -0.05) is 0 Å². The van der Waals surface area contributed by atoms with E-state index in [2.05, 4.69) is 6.92 Å². The van der Waals surface area contributed by atoms with E-state index < -0.39 is 12.0 Å². The molecule has 0 aliphatic carbocycles. The Bertz CT molecular complexity index is 361. The van der Waals surface area contributed by atoms with E-state index in [1.54, 1.807) is 11.3 Å². The molecule has 1 aliphatic heterocycles. The van der Waals surface area contributed by atoms with Crippen molar-refractivity contribution >= 4 is 17.3 Å². The van der Waals surface area contributed by atoms with Gasteiger partial charge in [0.2, 0.25) is 0 Å². The first-order valence-corrected chi connectivity index (χ1v) is 5.50. The maximum absolute atomic E-state index is 11.1. The normalized spacial score (nSPS) is 27.3. The number of carboxylic acids is 1. The molecule has 76 valence electrons. The van der Waals surface area contributed by atoms with E-state index in [4.69, 9.17) is 5.11 Å². The fraction of sp³-hybridized carbons (Fsp3) is 0.500. The Morgan fingerprint density at radius 1 is 1.71 bits per heavy atom. The summed E-state index contributed by atoms with van der Waals surface area (Å²) in [6.07, 6.45) is 0.966. The van der Waals surface area contributed by atoms with Crippen molar-refractivity contribution in [2.45, 2.75) is 25.4 Å². The molecule has 2 atom stereocenters. The van der Waals surface area contributed by atoms with Gasteiger partial charge in [-0.25, -0.2) is 0 Å². The zero-order valence-corrected chi connectivity index (χ0v) is 9.04. The van der Waals surface area contributed by atoms with Gasteiger partial charge in [0.05, 0.1) is 0 Å². The highest BCUT2D eigenvalue weighted by molar-refractivity contribution is 7.10. The van der Waals surface area contributed by atoms with E-state index in [0.717, 1.165) is 12.0 Å². The minimum absolute atomic E-state index is 0.308. The molecule has 1 aliphatic rings. The van der Waals surface area contributed by atoms with Crippen molar-refractivity contribution in [1.29, 1.82) is 0 Å². The number of aliphatic carboxylic acids is 1. The molecule has 0 amide bonds. The van der Waals surface area contributed by atoms with Crippen LogP contribution in [-0.4, -0.2) is 29.1 Å². The van der Waals surface area contributed by atoms with Gasteiger partial charge in [0.15, 0.2) is 0 Å². The van der Waals surface area contributed by atoms with E-state index >= 15 is 0 Å². The molecular weight excluding hydrogens is 198 g/mol. The molecule has 0 aromatic carbocycles. The van der Waals surface area contributed by atoms with E-state index in [9.17, 15) is 4.79 Å². The third kappa shape index (κ3) is 1.35. The van der Waals surface area contributed by atoms with E-state index in [-0.39, 0.29) is 0 Å². The smallest absolute Gasteiger partial charge is 0.325 e. The molecule has 2 unspecified atom stereocenters. The molecule has 0 saturated carbocycles. The second-order valence-electron chi connectivity index (χ2n) is 3.76. The van der Waals surface area contributed by atoms with E-state index in [1.807, 2.05) is 23.4 Å². The molecule has 0 saturated heterocycles. The number of hydrogen-bond acceptors (Lipinski definition) is 3. The van der Waals surface area contributed by atoms with Crippen molar-refractivity contribution in [3.8, 4) is 0 Å². The molecule has 1 N–H and O–H groups in total. The van der Waals surface area contributed by atoms with Crippen molar-refractivity contribution in [3.05, 3.63) is 21.9 Å². The second-order valence-corrected chi connectivity index (χ2v) is 4.76. The monoisotopic (exact) mass is 211 g/mol. The Balaban J connectivity index is 2.45. The van der Waals surface area contributed by atoms with Gasteiger partial charge in [-0.2, -0.15) is 0 Å². The molecule has 14 heavy (non-hydrogen) atoms. The molecule has 4 heteroatoms. The number of likely N-dealkylation sites (N-methyl/N-ethyl adjacent to an activating group) is 1. The average Bonchev–Trinajstić information content (AvgIpc) is 2.52. The summed E-state index contributed by atoms with van der Waals surface area (Å²) in [5, 5.41) is 11.1. The van der Waals surface area contributed by atoms with Crippen LogP contribution in [0.4, 0.5) is 0 Å². The van der Waals surface area contributed by atoms with Gasteiger partial charge in [-0.3, -0.25) is 9.69 Å². The molecule has 3 nitrogen and oxygen atoms in total. The maximum atomic E-state index is 11.1. The molecule has 1 aromatic rings. The Labute approximate surface area is 87.0 Å². The van der Waals surface area contributed by atoms with E-state index in [1.165, 1.54) is 4.88 Å². The first-order valence-electron chi connectivity index (χ1n) is 4.62. The minimum Gasteiger partial charge on any atom is -0.480 e. The van der Waals surface area contributed by atoms with Crippen LogP contribution in [0, 0.1) is 0 Å². The van der Waals surface area contributed by atoms with Gasteiger partial charge in [0, 0.05) is 10.9 Å². The summed E-state index contributed by atoms with van der Waals surface area (Å²) in [4.78, 5) is 14.3. The van der Waals surface area contributed by atoms with Crippen LogP contribution in [0.2, 0.25) is 0 Å². The number of hydrogen-bond donors (Lipinski definition) is 1. The molecule has 0 fully saturated rings. The number of carbonyl (C=O) groups is 1. The second kappa shape index (κ2) is 3.37. The van der Waals surface area contributed by atoms with Crippen molar-refractivity contribution in [3.63, 3.8) is 0 Å². The van der Waals surface area contributed by atoms with Crippen LogP contribution in [0.5, 0.6) is 0 Å². The van der Waals surface area contributed by atoms with Gasteiger partial charge >= 0.3 is 5.97 Å². The number of fused-ring (bicyclic) bond motifs is 1. The van der Waals surface area contributed by atoms with Gasteiger partial charge in [-0.15, -0.1) is 11.3 Å². The lowest BCUT2D eigenvalue weighted by Crippen LogP contribution is -2.42. The number of nitrogens with zero attached hydrogens (tertiary/aromatic N) is 1. The summed E-state index contributed by atoms with van der Waals surface area (Å²) in [6.45, 7) is 2.07. The quantitative estimate of drug-likeness (QED) is 0.769. The zero-order valence-electron chi connectivity index (χ0n) is 8.23. The molecule has 2 heterocycles. The summed E-state index contributed by atoms with van der Waals surface area (Å²) >= 11 is 1.66. The number of thiophene rings is 1. The molecule has 0 radical (unpaired) electrons. The topological polar surface area (TPSA) is 40.5 Å². The van der Waals surface area contributed by atoms with Gasteiger partial charge in [0.1, 0.15) is 6.04 Å². The van der Waals surface area contributed by atoms with Crippen LogP contribution >= 0.6 is 11.3 Å². The van der Waals surface area contributed by atoms with Crippen molar-refractivity contribution < 1.29 is 9.90 Å². The summed E-state index contributed by atoms with van der Waals surface area (Å²) in [6, 6.07) is 1.78. The fourth-order valence-corrected chi connectivity index (χ4v) is 2.99. The van der Waals surface area contributed by atoms with Crippen molar-refractivity contribution in [2.75, 3.05) is 7.05 Å². The molecular formula is C10H13NO2S. The summed E-state index contributed by atoms with van der Waals surface area (Å²) in [5.74, 6) is -0.751. The van der Waals surface area contributed by atoms with E-state index in [0.29, 0.717) is 6.04 Å². The van der Waals surface area contributed by atoms with Crippen LogP contribution in [0.25, 0.3) is 0 Å². The average molecular weight is 211 g/mol. The Morgan fingerprint density at radius 2 is 2.43 bits per heavy atom. The Morgan fingerprint density at radius 3 is 3.07 bits per heavy atom. The third-order valence-corrected chi connectivity index (χ3v) is 3.85. The standard InChI is InChI=1S/C10H13NO2S/c1-6-5-8-7(3-4-14-8)9(10(12)13)11(6)2/h3-4,6,9H,5H2,1-2H3,(H,12,13). The zero-order chi connectivity index (χ0) is 10.3. The van der Waals surface area contributed by atoms with Crippen molar-refractivity contribution in [1.82, 2.24) is 4.90 Å². The predicted molar refractivity (Wildman–Crippen MR) is 55.6 cm³/mol.